The molecule has 0 bridgehead atoms. The van der Waals surface area contributed by atoms with Crippen LogP contribution in [0.3, 0.4) is 0 Å². The van der Waals surface area contributed by atoms with Gasteiger partial charge < -0.3 is 15.1 Å². The van der Waals surface area contributed by atoms with Crippen LogP contribution >= 0.6 is 27.7 Å². The number of carbonyl (C=O) groups excluding carboxylic acids is 3. The molecular weight excluding hydrogens is 468 g/mol. The molecular formula is C21H31BrN4O3S. The Morgan fingerprint density at radius 1 is 1.10 bits per heavy atom. The van der Waals surface area contributed by atoms with E-state index in [2.05, 4.69) is 26.1 Å². The molecule has 0 aromatic heterocycles. The number of nitrogens with zero attached hydrogens (tertiary/aromatic N) is 3. The molecule has 1 aliphatic rings. The summed E-state index contributed by atoms with van der Waals surface area (Å²) in [7, 11) is 0. The van der Waals surface area contributed by atoms with E-state index in [1.807, 2.05) is 47.9 Å². The molecule has 1 heterocycles. The molecule has 1 fully saturated rings. The summed E-state index contributed by atoms with van der Waals surface area (Å²) in [5, 5.41) is 2.83. The van der Waals surface area contributed by atoms with Gasteiger partial charge in [-0.05, 0) is 38.5 Å². The van der Waals surface area contributed by atoms with Crippen molar-refractivity contribution in [3.8, 4) is 0 Å². The van der Waals surface area contributed by atoms with Gasteiger partial charge in [-0.25, -0.2) is 0 Å². The summed E-state index contributed by atoms with van der Waals surface area (Å²) in [6.45, 7) is 8.66. The second kappa shape index (κ2) is 13.0. The lowest BCUT2D eigenvalue weighted by molar-refractivity contribution is -0.132. The van der Waals surface area contributed by atoms with Gasteiger partial charge in [0.05, 0.1) is 18.1 Å². The fourth-order valence-electron chi connectivity index (χ4n) is 3.33. The number of hydrogen-bond acceptors (Lipinski definition) is 5. The molecule has 0 aliphatic carbocycles. The number of carbonyl (C=O) groups is 3. The first kappa shape index (κ1) is 24.7. The van der Waals surface area contributed by atoms with Gasteiger partial charge in [0.1, 0.15) is 0 Å². The zero-order valence-corrected chi connectivity index (χ0v) is 20.1. The maximum atomic E-state index is 12.5. The molecule has 0 atom stereocenters. The summed E-state index contributed by atoms with van der Waals surface area (Å²) in [5.41, 5.74) is 0.730. The van der Waals surface area contributed by atoms with E-state index in [9.17, 15) is 14.4 Å². The fourth-order valence-corrected chi connectivity index (χ4v) is 4.45. The van der Waals surface area contributed by atoms with E-state index in [0.717, 1.165) is 36.2 Å². The highest BCUT2D eigenvalue weighted by atomic mass is 79.9. The Morgan fingerprint density at radius 2 is 1.87 bits per heavy atom. The molecule has 1 N–H and O–H groups in total. The number of anilines is 1. The minimum Gasteiger partial charge on any atom is -0.342 e. The van der Waals surface area contributed by atoms with Gasteiger partial charge in [-0.1, -0.05) is 22.0 Å². The molecule has 1 aliphatic heterocycles. The minimum atomic E-state index is -0.122. The Kier molecular flexibility index (Phi) is 10.7. The Morgan fingerprint density at radius 3 is 2.57 bits per heavy atom. The number of halogens is 1. The van der Waals surface area contributed by atoms with E-state index >= 15 is 0 Å². The number of rotatable bonds is 9. The Labute approximate surface area is 191 Å². The number of likely N-dealkylation sites (N-methyl/N-ethyl adjacent to an activating group) is 1. The normalized spacial score (nSPS) is 14.8. The van der Waals surface area contributed by atoms with Crippen molar-refractivity contribution in [2.24, 2.45) is 0 Å². The molecule has 2 rings (SSSR count). The first-order chi connectivity index (χ1) is 14.4. The van der Waals surface area contributed by atoms with Gasteiger partial charge in [-0.3, -0.25) is 19.3 Å². The van der Waals surface area contributed by atoms with Crippen LogP contribution in [0.15, 0.2) is 28.7 Å². The van der Waals surface area contributed by atoms with Crippen LogP contribution in [0, 0.1) is 0 Å². The molecule has 1 aromatic rings. The third-order valence-corrected chi connectivity index (χ3v) is 6.39. The van der Waals surface area contributed by atoms with Crippen LogP contribution in [0.4, 0.5) is 5.69 Å². The van der Waals surface area contributed by atoms with E-state index < -0.39 is 0 Å². The lowest BCUT2D eigenvalue weighted by atomic mass is 10.3. The second-order valence-electron chi connectivity index (χ2n) is 7.13. The molecule has 0 unspecified atom stereocenters. The van der Waals surface area contributed by atoms with Crippen molar-refractivity contribution >= 4 is 51.1 Å². The number of benzene rings is 1. The lowest BCUT2D eigenvalue weighted by Gasteiger charge is -2.25. The second-order valence-corrected chi connectivity index (χ2v) is 9.03. The predicted molar refractivity (Wildman–Crippen MR) is 126 cm³/mol. The quantitative estimate of drug-likeness (QED) is 0.566. The van der Waals surface area contributed by atoms with Gasteiger partial charge in [0.2, 0.25) is 17.7 Å². The van der Waals surface area contributed by atoms with Crippen LogP contribution in [0.25, 0.3) is 0 Å². The van der Waals surface area contributed by atoms with Crippen molar-refractivity contribution in [1.29, 1.82) is 0 Å². The van der Waals surface area contributed by atoms with Crippen molar-refractivity contribution < 1.29 is 14.4 Å². The summed E-state index contributed by atoms with van der Waals surface area (Å²) in [5.74, 6) is 0.586. The monoisotopic (exact) mass is 498 g/mol. The highest BCUT2D eigenvalue weighted by Gasteiger charge is 2.21. The number of nitrogens with one attached hydrogen (secondary N) is 1. The summed E-state index contributed by atoms with van der Waals surface area (Å²) < 4.78 is 0.900. The average molecular weight is 499 g/mol. The van der Waals surface area contributed by atoms with Crippen LogP contribution in [-0.4, -0.2) is 89.7 Å². The van der Waals surface area contributed by atoms with Gasteiger partial charge in [-0.15, -0.1) is 11.8 Å². The number of thioether (sulfide) groups is 1. The van der Waals surface area contributed by atoms with Crippen LogP contribution in [0.2, 0.25) is 0 Å². The number of hydrogen-bond donors (Lipinski definition) is 1. The molecule has 30 heavy (non-hydrogen) atoms. The van der Waals surface area contributed by atoms with Crippen molar-refractivity contribution in [2.75, 3.05) is 62.6 Å². The van der Waals surface area contributed by atoms with Crippen LogP contribution in [0.1, 0.15) is 20.3 Å². The Balaban J connectivity index is 1.70. The molecule has 0 spiro atoms. The third kappa shape index (κ3) is 8.28. The molecule has 1 aromatic carbocycles. The van der Waals surface area contributed by atoms with Crippen LogP contribution in [-0.2, 0) is 14.4 Å². The zero-order valence-electron chi connectivity index (χ0n) is 17.7. The van der Waals surface area contributed by atoms with E-state index in [4.69, 9.17) is 0 Å². The van der Waals surface area contributed by atoms with Gasteiger partial charge in [0.25, 0.3) is 0 Å². The van der Waals surface area contributed by atoms with E-state index in [1.54, 1.807) is 0 Å². The SMILES string of the molecule is CCN(CC)C(=O)CN1CCCN(C(=O)CSCC(=O)Nc2cccc(Br)c2)CC1. The average Bonchev–Trinajstić information content (AvgIpc) is 2.94. The summed E-state index contributed by atoms with van der Waals surface area (Å²) >= 11 is 4.70. The fraction of sp³-hybridized carbons (Fsp3) is 0.571. The van der Waals surface area contributed by atoms with E-state index in [0.29, 0.717) is 26.2 Å². The first-order valence-electron chi connectivity index (χ1n) is 10.3. The van der Waals surface area contributed by atoms with E-state index in [-0.39, 0.29) is 29.2 Å². The molecule has 3 amide bonds. The van der Waals surface area contributed by atoms with Crippen LogP contribution in [0.5, 0.6) is 0 Å². The standard InChI is InChI=1S/C21H31BrN4O3S/c1-3-25(4-2)20(28)14-24-9-6-10-26(12-11-24)21(29)16-30-15-19(27)23-18-8-5-7-17(22)13-18/h5,7-8,13H,3-4,6,9-12,14-16H2,1-2H3,(H,23,27). The van der Waals surface area contributed by atoms with Gasteiger partial charge in [0.15, 0.2) is 0 Å². The topological polar surface area (TPSA) is 73.0 Å². The summed E-state index contributed by atoms with van der Waals surface area (Å²) in [6.07, 6.45) is 0.852. The van der Waals surface area contributed by atoms with Crippen molar-refractivity contribution in [3.63, 3.8) is 0 Å². The first-order valence-corrected chi connectivity index (χ1v) is 12.3. The molecule has 166 valence electrons. The van der Waals surface area contributed by atoms with Gasteiger partial charge in [0, 0.05) is 49.4 Å². The summed E-state index contributed by atoms with van der Waals surface area (Å²) in [6, 6.07) is 7.41. The van der Waals surface area contributed by atoms with E-state index in [1.165, 1.54) is 11.8 Å². The van der Waals surface area contributed by atoms with Crippen molar-refractivity contribution in [1.82, 2.24) is 14.7 Å². The van der Waals surface area contributed by atoms with Gasteiger partial charge in [-0.2, -0.15) is 0 Å². The lowest BCUT2D eigenvalue weighted by Crippen LogP contribution is -2.42. The maximum absolute atomic E-state index is 12.5. The summed E-state index contributed by atoms with van der Waals surface area (Å²) in [4.78, 5) is 42.7. The maximum Gasteiger partial charge on any atom is 0.236 e. The highest BCUT2D eigenvalue weighted by molar-refractivity contribution is 9.10. The molecule has 0 radical (unpaired) electrons. The largest absolute Gasteiger partial charge is 0.342 e. The molecule has 0 saturated carbocycles. The third-order valence-electron chi connectivity index (χ3n) is 4.98. The minimum absolute atomic E-state index is 0.0483. The smallest absolute Gasteiger partial charge is 0.236 e. The van der Waals surface area contributed by atoms with Gasteiger partial charge >= 0.3 is 0 Å². The molecule has 9 heteroatoms. The number of amides is 3. The zero-order chi connectivity index (χ0) is 21.9. The predicted octanol–water partition coefficient (Wildman–Crippen LogP) is 2.52. The molecule has 7 nitrogen and oxygen atoms in total. The Bertz CT molecular complexity index is 730. The highest BCUT2D eigenvalue weighted by Crippen LogP contribution is 2.16. The van der Waals surface area contributed by atoms with Crippen molar-refractivity contribution in [2.45, 2.75) is 20.3 Å². The van der Waals surface area contributed by atoms with Crippen LogP contribution < -0.4 is 5.32 Å². The molecule has 1 saturated heterocycles. The Hall–Kier alpha value is -1.58. The van der Waals surface area contributed by atoms with Crippen molar-refractivity contribution in [3.05, 3.63) is 28.7 Å².